The number of para-hydroxylation sites is 1. The minimum absolute atomic E-state index is 0.231. The van der Waals surface area contributed by atoms with Crippen LogP contribution in [0.3, 0.4) is 0 Å². The zero-order valence-corrected chi connectivity index (χ0v) is 10.1. The van der Waals surface area contributed by atoms with Crippen LogP contribution in [-0.2, 0) is 0 Å². The zero-order chi connectivity index (χ0) is 12.4. The number of aliphatic hydroxyl groups excluding tert-OH is 1. The van der Waals surface area contributed by atoms with Gasteiger partial charge < -0.3 is 9.84 Å². The van der Waals surface area contributed by atoms with Gasteiger partial charge in [0.15, 0.2) is 0 Å². The standard InChI is InChI=1S/C11H13NO2.C2H6/c1-2-10(13)8-14-11-6-4-3-5-9(11)7-12;1-2/h3-6,10,13H,2,8H2,1H3;1-2H3. The summed E-state index contributed by atoms with van der Waals surface area (Å²) in [5.41, 5.74) is 0.496. The second kappa shape index (κ2) is 8.75. The molecule has 0 saturated heterocycles. The van der Waals surface area contributed by atoms with Gasteiger partial charge in [-0.25, -0.2) is 0 Å². The maximum absolute atomic E-state index is 9.27. The molecule has 3 heteroatoms. The van der Waals surface area contributed by atoms with Crippen LogP contribution in [0.1, 0.15) is 32.8 Å². The first-order valence-corrected chi connectivity index (χ1v) is 5.58. The molecule has 0 aromatic heterocycles. The SMILES string of the molecule is CC.CCC(O)COc1ccccc1C#N. The maximum Gasteiger partial charge on any atom is 0.137 e. The third-order valence-corrected chi connectivity index (χ3v) is 1.91. The van der Waals surface area contributed by atoms with Crippen LogP contribution in [0.25, 0.3) is 0 Å². The molecule has 0 aliphatic carbocycles. The Morgan fingerprint density at radius 3 is 2.56 bits per heavy atom. The molecule has 0 saturated carbocycles. The molecule has 0 spiro atoms. The highest BCUT2D eigenvalue weighted by Gasteiger charge is 2.04. The van der Waals surface area contributed by atoms with E-state index in [9.17, 15) is 5.11 Å². The molecule has 0 aliphatic rings. The van der Waals surface area contributed by atoms with Gasteiger partial charge in [-0.05, 0) is 18.6 Å². The Morgan fingerprint density at radius 1 is 1.38 bits per heavy atom. The van der Waals surface area contributed by atoms with E-state index < -0.39 is 6.10 Å². The molecule has 0 bridgehead atoms. The van der Waals surface area contributed by atoms with E-state index in [-0.39, 0.29) is 6.61 Å². The largest absolute Gasteiger partial charge is 0.490 e. The topological polar surface area (TPSA) is 53.2 Å². The van der Waals surface area contributed by atoms with Gasteiger partial charge in [0.1, 0.15) is 18.4 Å². The van der Waals surface area contributed by atoms with Crippen LogP contribution in [-0.4, -0.2) is 17.8 Å². The van der Waals surface area contributed by atoms with Gasteiger partial charge in [0.05, 0.1) is 11.7 Å². The lowest BCUT2D eigenvalue weighted by Crippen LogP contribution is -2.16. The monoisotopic (exact) mass is 221 g/mol. The number of benzene rings is 1. The number of hydrogen-bond donors (Lipinski definition) is 1. The molecule has 0 fully saturated rings. The van der Waals surface area contributed by atoms with E-state index >= 15 is 0 Å². The Labute approximate surface area is 97.3 Å². The number of aliphatic hydroxyl groups is 1. The second-order valence-electron chi connectivity index (χ2n) is 2.98. The molecule has 1 aromatic carbocycles. The molecule has 1 rings (SSSR count). The summed E-state index contributed by atoms with van der Waals surface area (Å²) >= 11 is 0. The molecule has 1 atom stereocenters. The fourth-order valence-electron chi connectivity index (χ4n) is 0.989. The fraction of sp³-hybridized carbons (Fsp3) is 0.462. The van der Waals surface area contributed by atoms with E-state index in [1.807, 2.05) is 26.8 Å². The Kier molecular flexibility index (Phi) is 7.92. The van der Waals surface area contributed by atoms with Crippen molar-refractivity contribution < 1.29 is 9.84 Å². The van der Waals surface area contributed by atoms with E-state index in [2.05, 4.69) is 0 Å². The van der Waals surface area contributed by atoms with Crippen molar-refractivity contribution in [1.82, 2.24) is 0 Å². The molecule has 88 valence electrons. The summed E-state index contributed by atoms with van der Waals surface area (Å²) in [6.07, 6.45) is 0.177. The Bertz CT molecular complexity index is 331. The lowest BCUT2D eigenvalue weighted by Gasteiger charge is -2.10. The molecule has 0 aliphatic heterocycles. The molecule has 3 nitrogen and oxygen atoms in total. The quantitative estimate of drug-likeness (QED) is 0.850. The number of hydrogen-bond acceptors (Lipinski definition) is 3. The van der Waals surface area contributed by atoms with Crippen molar-refractivity contribution in [3.05, 3.63) is 29.8 Å². The van der Waals surface area contributed by atoms with Crippen molar-refractivity contribution in [2.45, 2.75) is 33.3 Å². The number of nitrogens with zero attached hydrogens (tertiary/aromatic N) is 1. The van der Waals surface area contributed by atoms with Gasteiger partial charge in [-0.15, -0.1) is 0 Å². The predicted molar refractivity (Wildman–Crippen MR) is 64.3 cm³/mol. The highest BCUT2D eigenvalue weighted by atomic mass is 16.5. The smallest absolute Gasteiger partial charge is 0.137 e. The Morgan fingerprint density at radius 2 is 2.00 bits per heavy atom. The van der Waals surface area contributed by atoms with Crippen molar-refractivity contribution in [3.8, 4) is 11.8 Å². The lowest BCUT2D eigenvalue weighted by molar-refractivity contribution is 0.104. The average Bonchev–Trinajstić information content (AvgIpc) is 2.38. The molecule has 0 heterocycles. The first kappa shape index (κ1) is 14.5. The molecule has 16 heavy (non-hydrogen) atoms. The van der Waals surface area contributed by atoms with Crippen LogP contribution in [0.5, 0.6) is 5.75 Å². The summed E-state index contributed by atoms with van der Waals surface area (Å²) in [5.74, 6) is 0.530. The van der Waals surface area contributed by atoms with Crippen molar-refractivity contribution in [2.24, 2.45) is 0 Å². The molecular weight excluding hydrogens is 202 g/mol. The number of ether oxygens (including phenoxy) is 1. The van der Waals surface area contributed by atoms with E-state index in [1.165, 1.54) is 0 Å². The summed E-state index contributed by atoms with van der Waals surface area (Å²) in [4.78, 5) is 0. The molecule has 1 unspecified atom stereocenters. The molecule has 0 amide bonds. The highest BCUT2D eigenvalue weighted by Crippen LogP contribution is 2.16. The normalized spacial score (nSPS) is 10.7. The van der Waals surface area contributed by atoms with Gasteiger partial charge in [-0.2, -0.15) is 5.26 Å². The summed E-state index contributed by atoms with van der Waals surface area (Å²) in [6.45, 7) is 6.11. The fourth-order valence-corrected chi connectivity index (χ4v) is 0.989. The number of rotatable bonds is 4. The van der Waals surface area contributed by atoms with Crippen LogP contribution >= 0.6 is 0 Å². The van der Waals surface area contributed by atoms with Crippen molar-refractivity contribution in [3.63, 3.8) is 0 Å². The van der Waals surface area contributed by atoms with E-state index in [0.717, 1.165) is 0 Å². The summed E-state index contributed by atoms with van der Waals surface area (Å²) in [7, 11) is 0. The van der Waals surface area contributed by atoms with Gasteiger partial charge in [0.25, 0.3) is 0 Å². The first-order chi connectivity index (χ1) is 7.77. The molecule has 1 aromatic rings. The van der Waals surface area contributed by atoms with Crippen LogP contribution in [0.2, 0.25) is 0 Å². The predicted octanol–water partition coefficient (Wildman–Crippen LogP) is 2.73. The average molecular weight is 221 g/mol. The van der Waals surface area contributed by atoms with Gasteiger partial charge >= 0.3 is 0 Å². The van der Waals surface area contributed by atoms with Gasteiger partial charge in [-0.1, -0.05) is 32.9 Å². The summed E-state index contributed by atoms with van der Waals surface area (Å²) in [6, 6.07) is 9.02. The minimum Gasteiger partial charge on any atom is -0.490 e. The van der Waals surface area contributed by atoms with Crippen LogP contribution in [0.4, 0.5) is 0 Å². The van der Waals surface area contributed by atoms with Gasteiger partial charge in [0, 0.05) is 0 Å². The maximum atomic E-state index is 9.27. The van der Waals surface area contributed by atoms with Gasteiger partial charge in [0.2, 0.25) is 0 Å². The molecule has 0 radical (unpaired) electrons. The number of nitriles is 1. The van der Waals surface area contributed by atoms with E-state index in [0.29, 0.717) is 17.7 Å². The third kappa shape index (κ3) is 4.81. The zero-order valence-electron chi connectivity index (χ0n) is 10.1. The Balaban J connectivity index is 0.00000106. The van der Waals surface area contributed by atoms with Crippen molar-refractivity contribution in [1.29, 1.82) is 5.26 Å². The second-order valence-corrected chi connectivity index (χ2v) is 2.98. The molecular formula is C13H19NO2. The third-order valence-electron chi connectivity index (χ3n) is 1.91. The van der Waals surface area contributed by atoms with E-state index in [4.69, 9.17) is 10.00 Å². The Hall–Kier alpha value is -1.53. The summed E-state index contributed by atoms with van der Waals surface area (Å²) < 4.78 is 5.31. The van der Waals surface area contributed by atoms with Crippen LogP contribution < -0.4 is 4.74 Å². The highest BCUT2D eigenvalue weighted by molar-refractivity contribution is 5.42. The van der Waals surface area contributed by atoms with Crippen molar-refractivity contribution >= 4 is 0 Å². The van der Waals surface area contributed by atoms with Crippen LogP contribution in [0.15, 0.2) is 24.3 Å². The van der Waals surface area contributed by atoms with Crippen LogP contribution in [0, 0.1) is 11.3 Å². The molecule has 1 N–H and O–H groups in total. The van der Waals surface area contributed by atoms with E-state index in [1.54, 1.807) is 24.3 Å². The summed E-state index contributed by atoms with van der Waals surface area (Å²) in [5, 5.41) is 18.0. The minimum atomic E-state index is -0.471. The first-order valence-electron chi connectivity index (χ1n) is 5.58. The van der Waals surface area contributed by atoms with Gasteiger partial charge in [-0.3, -0.25) is 0 Å². The lowest BCUT2D eigenvalue weighted by atomic mass is 10.2. The van der Waals surface area contributed by atoms with Crippen molar-refractivity contribution in [2.75, 3.05) is 6.61 Å².